The van der Waals surface area contributed by atoms with Crippen LogP contribution in [0, 0.1) is 6.92 Å². The van der Waals surface area contributed by atoms with E-state index in [1.165, 1.54) is 0 Å². The molecular formula is C23H23ClN4O2. The maximum Gasteiger partial charge on any atom is 0.229 e. The highest BCUT2D eigenvalue weighted by molar-refractivity contribution is 6.31. The molecule has 0 saturated carbocycles. The van der Waals surface area contributed by atoms with Gasteiger partial charge in [0.05, 0.1) is 13.1 Å². The minimum Gasteiger partial charge on any atom is -0.487 e. The summed E-state index contributed by atoms with van der Waals surface area (Å²) in [4.78, 5) is 23.0. The van der Waals surface area contributed by atoms with E-state index in [0.29, 0.717) is 17.9 Å². The van der Waals surface area contributed by atoms with Gasteiger partial charge in [0, 0.05) is 28.9 Å². The van der Waals surface area contributed by atoms with Gasteiger partial charge in [-0.1, -0.05) is 30.7 Å². The SMILES string of the molecule is CCC(=O)c1cccc(Nc2nccc(N3CC(Oc4ccc(Cl)c(C)c4)C3)n2)c1. The fourth-order valence-electron chi connectivity index (χ4n) is 3.27. The number of nitrogens with one attached hydrogen (secondary N) is 1. The summed E-state index contributed by atoms with van der Waals surface area (Å²) in [7, 11) is 0. The van der Waals surface area contributed by atoms with Gasteiger partial charge in [0.2, 0.25) is 5.95 Å². The number of ketones is 1. The molecule has 154 valence electrons. The van der Waals surface area contributed by atoms with Crippen LogP contribution in [0.2, 0.25) is 5.02 Å². The second kappa shape index (κ2) is 8.71. The Kier molecular flexibility index (Phi) is 5.86. The number of halogens is 1. The Labute approximate surface area is 180 Å². The molecule has 1 fully saturated rings. The lowest BCUT2D eigenvalue weighted by Gasteiger charge is -2.39. The van der Waals surface area contributed by atoms with E-state index in [4.69, 9.17) is 16.3 Å². The number of carbonyl (C=O) groups is 1. The van der Waals surface area contributed by atoms with Crippen molar-refractivity contribution in [1.29, 1.82) is 0 Å². The normalized spacial score (nSPS) is 13.6. The van der Waals surface area contributed by atoms with Crippen LogP contribution in [0.25, 0.3) is 0 Å². The summed E-state index contributed by atoms with van der Waals surface area (Å²) in [5, 5.41) is 3.92. The lowest BCUT2D eigenvalue weighted by atomic mass is 10.1. The molecule has 1 aliphatic heterocycles. The number of aromatic nitrogens is 2. The van der Waals surface area contributed by atoms with E-state index in [-0.39, 0.29) is 11.9 Å². The van der Waals surface area contributed by atoms with Crippen LogP contribution in [0.5, 0.6) is 5.75 Å². The topological polar surface area (TPSA) is 67.4 Å². The Bertz CT molecular complexity index is 1070. The molecule has 30 heavy (non-hydrogen) atoms. The number of rotatable bonds is 7. The number of aryl methyl sites for hydroxylation is 1. The second-order valence-electron chi connectivity index (χ2n) is 7.28. The van der Waals surface area contributed by atoms with E-state index in [9.17, 15) is 4.79 Å². The van der Waals surface area contributed by atoms with Crippen molar-refractivity contribution in [2.24, 2.45) is 0 Å². The van der Waals surface area contributed by atoms with Crippen LogP contribution in [0.3, 0.4) is 0 Å². The third-order valence-electron chi connectivity index (χ3n) is 5.01. The van der Waals surface area contributed by atoms with E-state index in [1.807, 2.05) is 62.4 Å². The maximum atomic E-state index is 11.9. The third-order valence-corrected chi connectivity index (χ3v) is 5.43. The molecule has 1 saturated heterocycles. The highest BCUT2D eigenvalue weighted by atomic mass is 35.5. The molecule has 0 atom stereocenters. The quantitative estimate of drug-likeness (QED) is 0.538. The molecule has 1 N–H and O–H groups in total. The van der Waals surface area contributed by atoms with E-state index >= 15 is 0 Å². The molecule has 0 spiro atoms. The smallest absolute Gasteiger partial charge is 0.229 e. The van der Waals surface area contributed by atoms with Gasteiger partial charge >= 0.3 is 0 Å². The average Bonchev–Trinajstić information content (AvgIpc) is 2.72. The van der Waals surface area contributed by atoms with Crippen LogP contribution in [-0.2, 0) is 0 Å². The summed E-state index contributed by atoms with van der Waals surface area (Å²) < 4.78 is 6.02. The van der Waals surface area contributed by atoms with Gasteiger partial charge < -0.3 is 15.0 Å². The number of hydrogen-bond donors (Lipinski definition) is 1. The van der Waals surface area contributed by atoms with Crippen molar-refractivity contribution in [1.82, 2.24) is 9.97 Å². The molecule has 0 aliphatic carbocycles. The maximum absolute atomic E-state index is 11.9. The Morgan fingerprint density at radius 1 is 1.23 bits per heavy atom. The molecule has 7 heteroatoms. The molecule has 4 rings (SSSR count). The van der Waals surface area contributed by atoms with Crippen LogP contribution in [0.1, 0.15) is 29.3 Å². The predicted octanol–water partition coefficient (Wildman–Crippen LogP) is 5.04. The molecule has 3 aromatic rings. The number of nitrogens with zero attached hydrogens (tertiary/aromatic N) is 3. The van der Waals surface area contributed by atoms with Gasteiger partial charge in [-0.3, -0.25) is 4.79 Å². The van der Waals surface area contributed by atoms with Gasteiger partial charge in [-0.25, -0.2) is 4.98 Å². The third kappa shape index (κ3) is 4.54. The van der Waals surface area contributed by atoms with E-state index < -0.39 is 0 Å². The van der Waals surface area contributed by atoms with Gasteiger partial charge in [0.25, 0.3) is 0 Å². The van der Waals surface area contributed by atoms with Crippen LogP contribution >= 0.6 is 11.6 Å². The highest BCUT2D eigenvalue weighted by Gasteiger charge is 2.29. The lowest BCUT2D eigenvalue weighted by Crippen LogP contribution is -2.54. The first kappa shape index (κ1) is 20.2. The Balaban J connectivity index is 1.37. The van der Waals surface area contributed by atoms with Gasteiger partial charge in [-0.2, -0.15) is 4.98 Å². The second-order valence-corrected chi connectivity index (χ2v) is 7.68. The molecule has 6 nitrogen and oxygen atoms in total. The van der Waals surface area contributed by atoms with Crippen molar-refractivity contribution in [3.63, 3.8) is 0 Å². The van der Waals surface area contributed by atoms with Crippen molar-refractivity contribution in [3.8, 4) is 5.75 Å². The summed E-state index contributed by atoms with van der Waals surface area (Å²) >= 11 is 6.07. The Morgan fingerprint density at radius 3 is 2.83 bits per heavy atom. The van der Waals surface area contributed by atoms with E-state index in [1.54, 1.807) is 6.20 Å². The summed E-state index contributed by atoms with van der Waals surface area (Å²) in [6.45, 7) is 5.32. The van der Waals surface area contributed by atoms with Crippen molar-refractivity contribution in [2.45, 2.75) is 26.4 Å². The number of carbonyl (C=O) groups excluding carboxylic acids is 1. The largest absolute Gasteiger partial charge is 0.487 e. The summed E-state index contributed by atoms with van der Waals surface area (Å²) in [5.74, 6) is 2.26. The first-order valence-electron chi connectivity index (χ1n) is 9.93. The van der Waals surface area contributed by atoms with Gasteiger partial charge in [0.1, 0.15) is 17.7 Å². The molecule has 0 radical (unpaired) electrons. The van der Waals surface area contributed by atoms with Crippen molar-refractivity contribution in [2.75, 3.05) is 23.3 Å². The zero-order valence-electron chi connectivity index (χ0n) is 16.9. The van der Waals surface area contributed by atoms with Gasteiger partial charge in [0.15, 0.2) is 5.78 Å². The predicted molar refractivity (Wildman–Crippen MR) is 119 cm³/mol. The minimum atomic E-state index is 0.105. The number of ether oxygens (including phenoxy) is 1. The molecule has 0 bridgehead atoms. The van der Waals surface area contributed by atoms with Crippen molar-refractivity contribution in [3.05, 3.63) is 70.9 Å². The van der Waals surface area contributed by atoms with E-state index in [2.05, 4.69) is 20.2 Å². The van der Waals surface area contributed by atoms with Gasteiger partial charge in [-0.05, 0) is 48.9 Å². The molecule has 0 unspecified atom stereocenters. The first-order valence-corrected chi connectivity index (χ1v) is 10.3. The average molecular weight is 423 g/mol. The lowest BCUT2D eigenvalue weighted by molar-refractivity contribution is 0.0988. The zero-order valence-corrected chi connectivity index (χ0v) is 17.7. The molecule has 1 aromatic heterocycles. The molecule has 2 heterocycles. The van der Waals surface area contributed by atoms with Crippen molar-refractivity contribution < 1.29 is 9.53 Å². The first-order chi connectivity index (χ1) is 14.5. The van der Waals surface area contributed by atoms with Crippen molar-refractivity contribution >= 4 is 34.8 Å². The Morgan fingerprint density at radius 2 is 2.07 bits per heavy atom. The molecule has 1 aliphatic rings. The van der Waals surface area contributed by atoms with Crippen LogP contribution in [0.4, 0.5) is 17.5 Å². The standard InChI is InChI=1S/C23H23ClN4O2/c1-3-21(29)16-5-4-6-17(12-16)26-23-25-10-9-22(27-23)28-13-19(14-28)30-18-7-8-20(24)15(2)11-18/h4-12,19H,3,13-14H2,1-2H3,(H,25,26,27). The van der Waals surface area contributed by atoms with Crippen LogP contribution in [0.15, 0.2) is 54.7 Å². The minimum absolute atomic E-state index is 0.105. The van der Waals surface area contributed by atoms with Crippen LogP contribution < -0.4 is 15.0 Å². The summed E-state index contributed by atoms with van der Waals surface area (Å²) in [6.07, 6.45) is 2.31. The zero-order chi connectivity index (χ0) is 21.1. The summed E-state index contributed by atoms with van der Waals surface area (Å²) in [6, 6.07) is 15.0. The molecular weight excluding hydrogens is 400 g/mol. The number of hydrogen-bond acceptors (Lipinski definition) is 6. The Hall–Kier alpha value is -3.12. The number of Topliss-reactive ketones (excluding diaryl/α,β-unsaturated/α-hetero) is 1. The van der Waals surface area contributed by atoms with E-state index in [0.717, 1.165) is 40.9 Å². The van der Waals surface area contributed by atoms with Gasteiger partial charge in [-0.15, -0.1) is 0 Å². The fraction of sp³-hybridized carbons (Fsp3) is 0.261. The fourth-order valence-corrected chi connectivity index (χ4v) is 3.39. The highest BCUT2D eigenvalue weighted by Crippen LogP contribution is 2.26. The monoisotopic (exact) mass is 422 g/mol. The molecule has 2 aromatic carbocycles. The number of anilines is 3. The molecule has 0 amide bonds. The number of benzene rings is 2. The summed E-state index contributed by atoms with van der Waals surface area (Å²) in [5.41, 5.74) is 2.47. The van der Waals surface area contributed by atoms with Crippen LogP contribution in [-0.4, -0.2) is 34.9 Å².